The van der Waals surface area contributed by atoms with Gasteiger partial charge >= 0.3 is 0 Å². The summed E-state index contributed by atoms with van der Waals surface area (Å²) in [4.78, 5) is 24.3. The summed E-state index contributed by atoms with van der Waals surface area (Å²) in [7, 11) is 0. The second kappa shape index (κ2) is 7.26. The van der Waals surface area contributed by atoms with Crippen molar-refractivity contribution in [2.75, 3.05) is 17.2 Å². The summed E-state index contributed by atoms with van der Waals surface area (Å²) in [5.74, 6) is 4.55. The molecule has 3 aliphatic rings. The zero-order chi connectivity index (χ0) is 18.2. The fourth-order valence-corrected chi connectivity index (χ4v) is 5.25. The SMILES string of the molecule is O=c1cc2c(nn1CC1CCCN1c1ccnc(C3CCC3)n1)CCSC2. The van der Waals surface area contributed by atoms with Crippen molar-refractivity contribution in [2.45, 2.75) is 62.8 Å². The summed E-state index contributed by atoms with van der Waals surface area (Å²) in [6.45, 7) is 1.63. The Balaban J connectivity index is 1.38. The third-order valence-corrected chi connectivity index (χ3v) is 7.10. The van der Waals surface area contributed by atoms with Crippen molar-refractivity contribution in [3.63, 3.8) is 0 Å². The first-order valence-electron chi connectivity index (χ1n) is 10.1. The highest BCUT2D eigenvalue weighted by molar-refractivity contribution is 7.98. The van der Waals surface area contributed by atoms with Gasteiger partial charge in [-0.2, -0.15) is 16.9 Å². The molecule has 2 aromatic heterocycles. The molecule has 5 rings (SSSR count). The number of hydrogen-bond acceptors (Lipinski definition) is 6. The number of thioether (sulfide) groups is 1. The summed E-state index contributed by atoms with van der Waals surface area (Å²) in [5, 5.41) is 4.70. The standard InChI is InChI=1S/C20H25N5OS/c26-19-11-15-13-27-10-7-17(15)23-25(19)12-16-5-2-9-24(16)18-6-8-21-20(22-18)14-3-1-4-14/h6,8,11,14,16H,1-5,7,9-10,12-13H2. The quantitative estimate of drug-likeness (QED) is 0.809. The molecule has 1 aliphatic carbocycles. The lowest BCUT2D eigenvalue weighted by molar-refractivity contribution is 0.400. The number of aryl methyl sites for hydroxylation is 1. The van der Waals surface area contributed by atoms with Gasteiger partial charge < -0.3 is 4.90 Å². The van der Waals surface area contributed by atoms with Gasteiger partial charge in [0.15, 0.2) is 0 Å². The van der Waals surface area contributed by atoms with E-state index in [4.69, 9.17) is 10.1 Å². The molecule has 0 aromatic carbocycles. The normalized spacial score (nSPS) is 22.5. The van der Waals surface area contributed by atoms with Crippen LogP contribution in [0.5, 0.6) is 0 Å². The molecule has 6 nitrogen and oxygen atoms in total. The van der Waals surface area contributed by atoms with Crippen molar-refractivity contribution in [3.05, 3.63) is 45.8 Å². The fourth-order valence-electron chi connectivity index (χ4n) is 4.30. The summed E-state index contributed by atoms with van der Waals surface area (Å²) >= 11 is 1.88. The molecule has 0 radical (unpaired) electrons. The maximum Gasteiger partial charge on any atom is 0.267 e. The van der Waals surface area contributed by atoms with E-state index in [1.807, 2.05) is 24.0 Å². The van der Waals surface area contributed by atoms with Crippen molar-refractivity contribution in [1.82, 2.24) is 19.7 Å². The second-order valence-corrected chi connectivity index (χ2v) is 8.93. The predicted molar refractivity (Wildman–Crippen MR) is 107 cm³/mol. The molecule has 2 aliphatic heterocycles. The molecule has 1 saturated carbocycles. The second-order valence-electron chi connectivity index (χ2n) is 7.83. The van der Waals surface area contributed by atoms with Gasteiger partial charge in [0.05, 0.1) is 18.3 Å². The zero-order valence-corrected chi connectivity index (χ0v) is 16.3. The summed E-state index contributed by atoms with van der Waals surface area (Å²) < 4.78 is 1.69. The van der Waals surface area contributed by atoms with Crippen LogP contribution in [0.2, 0.25) is 0 Å². The van der Waals surface area contributed by atoms with E-state index in [1.54, 1.807) is 10.7 Å². The molecule has 2 fully saturated rings. The average molecular weight is 384 g/mol. The minimum Gasteiger partial charge on any atom is -0.352 e. The molecule has 27 heavy (non-hydrogen) atoms. The van der Waals surface area contributed by atoms with E-state index < -0.39 is 0 Å². The van der Waals surface area contributed by atoms with Gasteiger partial charge in [0, 0.05) is 36.9 Å². The van der Waals surface area contributed by atoms with Crippen LogP contribution in [0.15, 0.2) is 23.1 Å². The Morgan fingerprint density at radius 3 is 3.00 bits per heavy atom. The van der Waals surface area contributed by atoms with Crippen molar-refractivity contribution in [1.29, 1.82) is 0 Å². The molecule has 1 atom stereocenters. The van der Waals surface area contributed by atoms with Crippen LogP contribution in [-0.2, 0) is 18.7 Å². The zero-order valence-electron chi connectivity index (χ0n) is 15.5. The molecule has 4 heterocycles. The van der Waals surface area contributed by atoms with Gasteiger partial charge in [0.2, 0.25) is 0 Å². The molecule has 0 N–H and O–H groups in total. The third-order valence-electron chi connectivity index (χ3n) is 6.09. The summed E-state index contributed by atoms with van der Waals surface area (Å²) in [6.07, 6.45) is 8.76. The molecule has 7 heteroatoms. The molecule has 2 aromatic rings. The Labute approximate surface area is 163 Å². The summed E-state index contributed by atoms with van der Waals surface area (Å²) in [6, 6.07) is 4.09. The van der Waals surface area contributed by atoms with E-state index in [0.717, 1.165) is 60.2 Å². The maximum atomic E-state index is 12.6. The van der Waals surface area contributed by atoms with E-state index in [0.29, 0.717) is 12.5 Å². The lowest BCUT2D eigenvalue weighted by atomic mass is 9.85. The fraction of sp³-hybridized carbons (Fsp3) is 0.600. The smallest absolute Gasteiger partial charge is 0.267 e. The van der Waals surface area contributed by atoms with Crippen LogP contribution in [-0.4, -0.2) is 38.1 Å². The molecule has 1 unspecified atom stereocenters. The minimum absolute atomic E-state index is 0.0287. The number of hydrogen-bond donors (Lipinski definition) is 0. The van der Waals surface area contributed by atoms with Crippen molar-refractivity contribution >= 4 is 17.6 Å². The van der Waals surface area contributed by atoms with Crippen LogP contribution in [0, 0.1) is 0 Å². The molecule has 0 spiro atoms. The van der Waals surface area contributed by atoms with Crippen LogP contribution < -0.4 is 10.5 Å². The maximum absolute atomic E-state index is 12.6. The first-order chi connectivity index (χ1) is 13.3. The predicted octanol–water partition coefficient (Wildman–Crippen LogP) is 2.76. The number of nitrogens with zero attached hydrogens (tertiary/aromatic N) is 5. The number of fused-ring (bicyclic) bond motifs is 1. The van der Waals surface area contributed by atoms with Gasteiger partial charge in [-0.3, -0.25) is 4.79 Å². The highest BCUT2D eigenvalue weighted by Crippen LogP contribution is 2.35. The van der Waals surface area contributed by atoms with Gasteiger partial charge in [0.1, 0.15) is 11.6 Å². The van der Waals surface area contributed by atoms with E-state index in [9.17, 15) is 4.79 Å². The van der Waals surface area contributed by atoms with Gasteiger partial charge in [-0.15, -0.1) is 0 Å². The van der Waals surface area contributed by atoms with E-state index in [2.05, 4.69) is 9.88 Å². The van der Waals surface area contributed by atoms with Crippen LogP contribution in [0.4, 0.5) is 5.82 Å². The highest BCUT2D eigenvalue weighted by Gasteiger charge is 2.29. The molecule has 1 saturated heterocycles. The van der Waals surface area contributed by atoms with Crippen LogP contribution >= 0.6 is 11.8 Å². The van der Waals surface area contributed by atoms with Crippen molar-refractivity contribution < 1.29 is 0 Å². The molecule has 142 valence electrons. The first-order valence-corrected chi connectivity index (χ1v) is 11.2. The van der Waals surface area contributed by atoms with Gasteiger partial charge in [-0.25, -0.2) is 14.6 Å². The van der Waals surface area contributed by atoms with Crippen LogP contribution in [0.3, 0.4) is 0 Å². The van der Waals surface area contributed by atoms with E-state index >= 15 is 0 Å². The Morgan fingerprint density at radius 2 is 2.15 bits per heavy atom. The molecule has 0 bridgehead atoms. The highest BCUT2D eigenvalue weighted by atomic mass is 32.2. The molecule has 0 amide bonds. The summed E-state index contributed by atoms with van der Waals surface area (Å²) in [5.41, 5.74) is 2.25. The number of anilines is 1. The van der Waals surface area contributed by atoms with Crippen LogP contribution in [0.1, 0.15) is 55.1 Å². The van der Waals surface area contributed by atoms with E-state index in [1.165, 1.54) is 19.3 Å². The number of aromatic nitrogens is 4. The topological polar surface area (TPSA) is 63.9 Å². The van der Waals surface area contributed by atoms with Crippen molar-refractivity contribution in [2.24, 2.45) is 0 Å². The first kappa shape index (κ1) is 17.2. The third kappa shape index (κ3) is 3.37. The minimum atomic E-state index is 0.0287. The van der Waals surface area contributed by atoms with Gasteiger partial charge in [0.25, 0.3) is 5.56 Å². The van der Waals surface area contributed by atoms with Crippen molar-refractivity contribution in [3.8, 4) is 0 Å². The monoisotopic (exact) mass is 383 g/mol. The Hall–Kier alpha value is -1.89. The Bertz CT molecular complexity index is 894. The average Bonchev–Trinajstić information content (AvgIpc) is 3.09. The number of rotatable bonds is 4. The van der Waals surface area contributed by atoms with Gasteiger partial charge in [-0.05, 0) is 43.1 Å². The molecular formula is C20H25N5OS. The van der Waals surface area contributed by atoms with E-state index in [-0.39, 0.29) is 11.6 Å². The largest absolute Gasteiger partial charge is 0.352 e. The Morgan fingerprint density at radius 1 is 1.22 bits per heavy atom. The van der Waals surface area contributed by atoms with Crippen LogP contribution in [0.25, 0.3) is 0 Å². The Kier molecular flexibility index (Phi) is 4.63. The lowest BCUT2D eigenvalue weighted by Crippen LogP contribution is -2.38. The van der Waals surface area contributed by atoms with Gasteiger partial charge in [-0.1, -0.05) is 6.42 Å². The lowest BCUT2D eigenvalue weighted by Gasteiger charge is -2.28. The molecular weight excluding hydrogens is 358 g/mol.